The van der Waals surface area contributed by atoms with E-state index in [-0.39, 0.29) is 5.91 Å². The molecule has 0 bridgehead atoms. The summed E-state index contributed by atoms with van der Waals surface area (Å²) in [6.07, 6.45) is 1.01. The van der Waals surface area contributed by atoms with E-state index in [2.05, 4.69) is 16.7 Å². The Kier molecular flexibility index (Phi) is 5.09. The van der Waals surface area contributed by atoms with Crippen molar-refractivity contribution in [3.63, 3.8) is 0 Å². The lowest BCUT2D eigenvalue weighted by Crippen LogP contribution is -2.23. The Morgan fingerprint density at radius 1 is 0.960 bits per heavy atom. The van der Waals surface area contributed by atoms with Crippen LogP contribution in [0.2, 0.25) is 0 Å². The lowest BCUT2D eigenvalue weighted by Gasteiger charge is -2.18. The number of amides is 1. The fraction of sp³-hybridized carbons (Fsp3) is 0.316. The molecule has 6 heteroatoms. The van der Waals surface area contributed by atoms with Gasteiger partial charge in [-0.15, -0.1) is 0 Å². The molecule has 6 nitrogen and oxygen atoms in total. The van der Waals surface area contributed by atoms with Crippen LogP contribution in [0, 0.1) is 0 Å². The van der Waals surface area contributed by atoms with E-state index < -0.39 is 0 Å². The van der Waals surface area contributed by atoms with Crippen molar-refractivity contribution >= 4 is 11.6 Å². The third kappa shape index (κ3) is 3.53. The average Bonchev–Trinajstić information content (AvgIpc) is 2.66. The molecule has 0 radical (unpaired) electrons. The summed E-state index contributed by atoms with van der Waals surface area (Å²) in [5.41, 5.74) is 3.67. The average molecular weight is 342 g/mol. The fourth-order valence-corrected chi connectivity index (χ4v) is 2.96. The first-order chi connectivity index (χ1) is 12.2. The molecule has 2 N–H and O–H groups in total. The molecule has 2 aromatic carbocycles. The molecule has 0 saturated heterocycles. The van der Waals surface area contributed by atoms with Gasteiger partial charge in [-0.05, 0) is 36.2 Å². The Hall–Kier alpha value is -2.73. The van der Waals surface area contributed by atoms with Crippen molar-refractivity contribution in [2.75, 3.05) is 33.2 Å². The summed E-state index contributed by atoms with van der Waals surface area (Å²) in [7, 11) is 4.59. The maximum absolute atomic E-state index is 12.7. The second-order valence-electron chi connectivity index (χ2n) is 5.77. The normalized spacial score (nSPS) is 12.9. The van der Waals surface area contributed by atoms with Crippen molar-refractivity contribution in [3.8, 4) is 17.2 Å². The van der Waals surface area contributed by atoms with Crippen LogP contribution in [0.3, 0.4) is 0 Å². The minimum absolute atomic E-state index is 0.262. The third-order valence-corrected chi connectivity index (χ3v) is 4.30. The summed E-state index contributed by atoms with van der Waals surface area (Å²) < 4.78 is 15.9. The van der Waals surface area contributed by atoms with Gasteiger partial charge in [-0.1, -0.05) is 6.07 Å². The number of hydrogen-bond donors (Lipinski definition) is 2. The van der Waals surface area contributed by atoms with E-state index in [1.165, 1.54) is 32.5 Å². The maximum Gasteiger partial charge on any atom is 0.259 e. The van der Waals surface area contributed by atoms with Gasteiger partial charge in [0, 0.05) is 24.4 Å². The molecule has 0 spiro atoms. The molecule has 25 heavy (non-hydrogen) atoms. The molecule has 0 saturated carbocycles. The van der Waals surface area contributed by atoms with E-state index in [0.717, 1.165) is 25.2 Å². The molecule has 0 unspecified atom stereocenters. The monoisotopic (exact) mass is 342 g/mol. The number of hydrogen-bond acceptors (Lipinski definition) is 5. The number of nitrogens with one attached hydrogen (secondary N) is 2. The van der Waals surface area contributed by atoms with Crippen molar-refractivity contribution in [2.24, 2.45) is 0 Å². The highest BCUT2D eigenvalue weighted by Crippen LogP contribution is 2.35. The van der Waals surface area contributed by atoms with Gasteiger partial charge in [-0.25, -0.2) is 0 Å². The van der Waals surface area contributed by atoms with Crippen LogP contribution in [0.5, 0.6) is 17.2 Å². The van der Waals surface area contributed by atoms with Gasteiger partial charge >= 0.3 is 0 Å². The van der Waals surface area contributed by atoms with Crippen LogP contribution in [-0.2, 0) is 13.0 Å². The highest BCUT2D eigenvalue weighted by molar-refractivity contribution is 6.06. The van der Waals surface area contributed by atoms with Gasteiger partial charge in [0.25, 0.3) is 5.91 Å². The molecule has 0 fully saturated rings. The quantitative estimate of drug-likeness (QED) is 0.874. The van der Waals surface area contributed by atoms with E-state index in [1.54, 1.807) is 12.1 Å². The number of carbonyl (C=O) groups excluding carboxylic acids is 1. The Morgan fingerprint density at radius 3 is 2.40 bits per heavy atom. The van der Waals surface area contributed by atoms with Crippen LogP contribution in [0.25, 0.3) is 0 Å². The lowest BCUT2D eigenvalue weighted by molar-refractivity contribution is 0.102. The standard InChI is InChI=1S/C19H22N2O4/c1-23-16-10-18(25-3)17(24-2)9-15(16)19(22)21-14-5-4-12-6-7-20-11-13(12)8-14/h4-5,8-10,20H,6-7,11H2,1-3H3,(H,21,22). The van der Waals surface area contributed by atoms with E-state index >= 15 is 0 Å². The summed E-state index contributed by atoms with van der Waals surface area (Å²) >= 11 is 0. The van der Waals surface area contributed by atoms with Crippen molar-refractivity contribution in [2.45, 2.75) is 13.0 Å². The zero-order valence-electron chi connectivity index (χ0n) is 14.6. The minimum Gasteiger partial charge on any atom is -0.496 e. The second-order valence-corrected chi connectivity index (χ2v) is 5.77. The molecule has 132 valence electrons. The largest absolute Gasteiger partial charge is 0.496 e. The predicted molar refractivity (Wildman–Crippen MR) is 95.9 cm³/mol. The Labute approximate surface area is 147 Å². The zero-order chi connectivity index (χ0) is 17.8. The van der Waals surface area contributed by atoms with Crippen LogP contribution in [0.1, 0.15) is 21.5 Å². The molecule has 1 amide bonds. The third-order valence-electron chi connectivity index (χ3n) is 4.30. The highest BCUT2D eigenvalue weighted by Gasteiger charge is 2.18. The van der Waals surface area contributed by atoms with E-state index in [0.29, 0.717) is 22.8 Å². The highest BCUT2D eigenvalue weighted by atomic mass is 16.5. The van der Waals surface area contributed by atoms with Gasteiger partial charge in [0.05, 0.1) is 26.9 Å². The van der Waals surface area contributed by atoms with Gasteiger partial charge in [0.1, 0.15) is 5.75 Å². The van der Waals surface area contributed by atoms with Crippen molar-refractivity contribution < 1.29 is 19.0 Å². The van der Waals surface area contributed by atoms with Gasteiger partial charge in [0.2, 0.25) is 0 Å². The van der Waals surface area contributed by atoms with Gasteiger partial charge < -0.3 is 24.8 Å². The van der Waals surface area contributed by atoms with E-state index in [4.69, 9.17) is 14.2 Å². The Morgan fingerprint density at radius 2 is 1.68 bits per heavy atom. The molecule has 0 aromatic heterocycles. The van der Waals surface area contributed by atoms with Crippen LogP contribution < -0.4 is 24.8 Å². The minimum atomic E-state index is -0.262. The van der Waals surface area contributed by atoms with Gasteiger partial charge in [-0.2, -0.15) is 0 Å². The fourth-order valence-electron chi connectivity index (χ4n) is 2.96. The molecule has 0 aliphatic carbocycles. The first-order valence-corrected chi connectivity index (χ1v) is 8.10. The lowest BCUT2D eigenvalue weighted by atomic mass is 10.0. The molecule has 1 aliphatic rings. The van der Waals surface area contributed by atoms with Crippen LogP contribution >= 0.6 is 0 Å². The second kappa shape index (κ2) is 7.44. The number of carbonyl (C=O) groups is 1. The van der Waals surface area contributed by atoms with E-state index in [1.807, 2.05) is 12.1 Å². The van der Waals surface area contributed by atoms with Gasteiger partial charge in [0.15, 0.2) is 11.5 Å². The van der Waals surface area contributed by atoms with Gasteiger partial charge in [-0.3, -0.25) is 4.79 Å². The van der Waals surface area contributed by atoms with Crippen LogP contribution in [0.15, 0.2) is 30.3 Å². The molecule has 1 aliphatic heterocycles. The number of ether oxygens (including phenoxy) is 3. The molecule has 2 aromatic rings. The smallest absolute Gasteiger partial charge is 0.259 e. The Balaban J connectivity index is 1.88. The first-order valence-electron chi connectivity index (χ1n) is 8.10. The van der Waals surface area contributed by atoms with Crippen molar-refractivity contribution in [1.82, 2.24) is 5.32 Å². The number of methoxy groups -OCH3 is 3. The molecule has 3 rings (SSSR count). The summed E-state index contributed by atoms with van der Waals surface area (Å²) in [4.78, 5) is 12.7. The predicted octanol–water partition coefficient (Wildman–Crippen LogP) is 2.61. The van der Waals surface area contributed by atoms with Crippen LogP contribution in [-0.4, -0.2) is 33.8 Å². The first kappa shape index (κ1) is 17.1. The van der Waals surface area contributed by atoms with Crippen molar-refractivity contribution in [1.29, 1.82) is 0 Å². The van der Waals surface area contributed by atoms with E-state index in [9.17, 15) is 4.79 Å². The number of fused-ring (bicyclic) bond motifs is 1. The summed E-state index contributed by atoms with van der Waals surface area (Å²) in [5.74, 6) is 1.15. The topological polar surface area (TPSA) is 68.8 Å². The number of anilines is 1. The molecular formula is C19H22N2O4. The number of rotatable bonds is 5. The molecule has 0 atom stereocenters. The summed E-state index contributed by atoms with van der Waals surface area (Å²) in [5, 5.41) is 6.26. The molecular weight excluding hydrogens is 320 g/mol. The zero-order valence-corrected chi connectivity index (χ0v) is 14.6. The number of benzene rings is 2. The summed E-state index contributed by atoms with van der Waals surface area (Å²) in [6.45, 7) is 1.81. The summed E-state index contributed by atoms with van der Waals surface area (Å²) in [6, 6.07) is 9.26. The molecule has 1 heterocycles. The van der Waals surface area contributed by atoms with Crippen molar-refractivity contribution in [3.05, 3.63) is 47.0 Å². The Bertz CT molecular complexity index is 789. The SMILES string of the molecule is COc1cc(OC)c(C(=O)Nc2ccc3c(c2)CNCC3)cc1OC. The maximum atomic E-state index is 12.7. The van der Waals surface area contributed by atoms with Crippen LogP contribution in [0.4, 0.5) is 5.69 Å².